The maximum Gasteiger partial charge on any atom is 0.0731 e. The first-order chi connectivity index (χ1) is 8.73. The van der Waals surface area contributed by atoms with Crippen molar-refractivity contribution >= 4 is 27.3 Å². The SMILES string of the molecule is CCCNC(c1cc(C)c(Br)s1)C1C(C)(C)C1(C)C. The van der Waals surface area contributed by atoms with E-state index in [-0.39, 0.29) is 0 Å². The van der Waals surface area contributed by atoms with Crippen LogP contribution in [0.1, 0.15) is 57.5 Å². The Bertz CT molecular complexity index is 428. The number of thiophene rings is 1. The summed E-state index contributed by atoms with van der Waals surface area (Å²) >= 11 is 5.57. The Hall–Kier alpha value is 0.140. The lowest BCUT2D eigenvalue weighted by molar-refractivity contribution is 0.415. The van der Waals surface area contributed by atoms with Crippen LogP contribution >= 0.6 is 27.3 Å². The van der Waals surface area contributed by atoms with E-state index in [1.165, 1.54) is 20.6 Å². The van der Waals surface area contributed by atoms with E-state index in [1.54, 1.807) is 0 Å². The fourth-order valence-electron chi connectivity index (χ4n) is 3.40. The molecule has 1 N–H and O–H groups in total. The van der Waals surface area contributed by atoms with E-state index < -0.39 is 0 Å². The van der Waals surface area contributed by atoms with Gasteiger partial charge in [0.15, 0.2) is 0 Å². The third-order valence-electron chi connectivity index (χ3n) is 5.26. The summed E-state index contributed by atoms with van der Waals surface area (Å²) in [5.41, 5.74) is 2.20. The van der Waals surface area contributed by atoms with Gasteiger partial charge in [0.1, 0.15) is 0 Å². The summed E-state index contributed by atoms with van der Waals surface area (Å²) in [7, 11) is 0. The van der Waals surface area contributed by atoms with Crippen LogP contribution in [0, 0.1) is 23.7 Å². The molecule has 2 rings (SSSR count). The van der Waals surface area contributed by atoms with Gasteiger partial charge in [0.25, 0.3) is 0 Å². The summed E-state index contributed by atoms with van der Waals surface area (Å²) in [5.74, 6) is 0.719. The predicted octanol–water partition coefficient (Wildman–Crippen LogP) is 5.54. The molecule has 0 aromatic carbocycles. The van der Waals surface area contributed by atoms with Gasteiger partial charge in [-0.1, -0.05) is 34.6 Å². The Labute approximate surface area is 130 Å². The summed E-state index contributed by atoms with van der Waals surface area (Å²) in [5, 5.41) is 3.79. The highest BCUT2D eigenvalue weighted by molar-refractivity contribution is 9.11. The van der Waals surface area contributed by atoms with Crippen LogP contribution in [-0.2, 0) is 0 Å². The molecule has 0 spiro atoms. The van der Waals surface area contributed by atoms with Gasteiger partial charge in [-0.3, -0.25) is 0 Å². The Morgan fingerprint density at radius 3 is 2.26 bits per heavy atom. The lowest BCUT2D eigenvalue weighted by atomic mass is 10.0. The van der Waals surface area contributed by atoms with Gasteiger partial charge in [0.05, 0.1) is 3.79 Å². The molecule has 1 nitrogen and oxygen atoms in total. The highest BCUT2D eigenvalue weighted by Gasteiger charge is 2.67. The molecule has 1 saturated carbocycles. The van der Waals surface area contributed by atoms with Crippen molar-refractivity contribution in [3.63, 3.8) is 0 Å². The van der Waals surface area contributed by atoms with E-state index in [1.807, 2.05) is 11.3 Å². The number of rotatable bonds is 5. The van der Waals surface area contributed by atoms with Crippen LogP contribution in [0.5, 0.6) is 0 Å². The van der Waals surface area contributed by atoms with Crippen LogP contribution in [0.3, 0.4) is 0 Å². The molecule has 108 valence electrons. The molecule has 1 fully saturated rings. The predicted molar refractivity (Wildman–Crippen MR) is 88.8 cm³/mol. The molecule has 0 saturated heterocycles. The van der Waals surface area contributed by atoms with Gasteiger partial charge < -0.3 is 5.32 Å². The van der Waals surface area contributed by atoms with Crippen molar-refractivity contribution in [1.82, 2.24) is 5.32 Å². The topological polar surface area (TPSA) is 12.0 Å². The third kappa shape index (κ3) is 2.54. The number of halogens is 1. The van der Waals surface area contributed by atoms with Gasteiger partial charge >= 0.3 is 0 Å². The second-order valence-corrected chi connectivity index (χ2v) is 9.36. The Kier molecular flexibility index (Phi) is 4.22. The van der Waals surface area contributed by atoms with Crippen molar-refractivity contribution in [2.75, 3.05) is 6.54 Å². The number of nitrogens with one attached hydrogen (secondary N) is 1. The lowest BCUT2D eigenvalue weighted by Gasteiger charge is -2.19. The Morgan fingerprint density at radius 2 is 1.89 bits per heavy atom. The first kappa shape index (κ1) is 15.5. The summed E-state index contributed by atoms with van der Waals surface area (Å²) in [6.07, 6.45) is 1.19. The highest BCUT2D eigenvalue weighted by atomic mass is 79.9. The van der Waals surface area contributed by atoms with Crippen molar-refractivity contribution in [1.29, 1.82) is 0 Å². The Balaban J connectivity index is 2.28. The van der Waals surface area contributed by atoms with Crippen molar-refractivity contribution in [3.05, 3.63) is 20.3 Å². The van der Waals surface area contributed by atoms with E-state index in [4.69, 9.17) is 0 Å². The fraction of sp³-hybridized carbons (Fsp3) is 0.750. The average molecular weight is 344 g/mol. The van der Waals surface area contributed by atoms with E-state index in [0.717, 1.165) is 12.5 Å². The second-order valence-electron chi connectivity index (χ2n) is 6.96. The van der Waals surface area contributed by atoms with Crippen LogP contribution in [0.25, 0.3) is 0 Å². The molecule has 0 bridgehead atoms. The molecule has 1 aliphatic carbocycles. The molecule has 0 amide bonds. The molecule has 0 aliphatic heterocycles. The van der Waals surface area contributed by atoms with Crippen LogP contribution in [-0.4, -0.2) is 6.54 Å². The van der Waals surface area contributed by atoms with Crippen molar-refractivity contribution in [3.8, 4) is 0 Å². The van der Waals surface area contributed by atoms with Crippen LogP contribution in [0.15, 0.2) is 9.85 Å². The van der Waals surface area contributed by atoms with Gasteiger partial charge in [0, 0.05) is 10.9 Å². The van der Waals surface area contributed by atoms with Gasteiger partial charge in [-0.05, 0) is 64.2 Å². The smallest absolute Gasteiger partial charge is 0.0731 e. The normalized spacial score (nSPS) is 22.5. The number of hydrogen-bond acceptors (Lipinski definition) is 2. The molecule has 3 heteroatoms. The highest BCUT2D eigenvalue weighted by Crippen LogP contribution is 2.72. The van der Waals surface area contributed by atoms with Gasteiger partial charge in [0.2, 0.25) is 0 Å². The zero-order valence-electron chi connectivity index (χ0n) is 12.9. The van der Waals surface area contributed by atoms with E-state index in [0.29, 0.717) is 16.9 Å². The minimum absolute atomic E-state index is 0.419. The zero-order chi connectivity index (χ0) is 14.4. The largest absolute Gasteiger partial charge is 0.309 e. The molecule has 1 aliphatic rings. The van der Waals surface area contributed by atoms with Crippen molar-refractivity contribution in [2.45, 2.75) is 54.0 Å². The van der Waals surface area contributed by atoms with E-state index in [9.17, 15) is 0 Å². The quantitative estimate of drug-likeness (QED) is 0.739. The molecular formula is C16H26BrNS. The molecule has 1 aromatic rings. The molecule has 1 atom stereocenters. The fourth-order valence-corrected chi connectivity index (χ4v) is 5.08. The zero-order valence-corrected chi connectivity index (χ0v) is 15.3. The van der Waals surface area contributed by atoms with E-state index >= 15 is 0 Å². The molecular weight excluding hydrogens is 318 g/mol. The van der Waals surface area contributed by atoms with Crippen LogP contribution in [0.4, 0.5) is 0 Å². The first-order valence-corrected chi connectivity index (χ1v) is 8.83. The second kappa shape index (κ2) is 5.16. The minimum atomic E-state index is 0.419. The van der Waals surface area contributed by atoms with Crippen LogP contribution in [0.2, 0.25) is 0 Å². The van der Waals surface area contributed by atoms with Gasteiger partial charge in [-0.25, -0.2) is 0 Å². The van der Waals surface area contributed by atoms with Crippen molar-refractivity contribution < 1.29 is 0 Å². The van der Waals surface area contributed by atoms with Crippen LogP contribution < -0.4 is 5.32 Å². The lowest BCUT2D eigenvalue weighted by Crippen LogP contribution is -2.25. The van der Waals surface area contributed by atoms with Crippen molar-refractivity contribution in [2.24, 2.45) is 16.7 Å². The number of aryl methyl sites for hydroxylation is 1. The summed E-state index contributed by atoms with van der Waals surface area (Å²) in [6, 6.07) is 2.85. The monoisotopic (exact) mass is 343 g/mol. The van der Waals surface area contributed by atoms with Gasteiger partial charge in [-0.15, -0.1) is 11.3 Å². The standard InChI is InChI=1S/C16H26BrNS/c1-7-8-18-12(11-9-10(2)14(17)19-11)13-15(3,4)16(13,5)6/h9,12-13,18H,7-8H2,1-6H3. The molecule has 0 radical (unpaired) electrons. The summed E-state index contributed by atoms with van der Waals surface area (Å²) in [6.45, 7) is 15.2. The summed E-state index contributed by atoms with van der Waals surface area (Å²) < 4.78 is 1.28. The van der Waals surface area contributed by atoms with Gasteiger partial charge in [-0.2, -0.15) is 0 Å². The maximum atomic E-state index is 3.79. The maximum absolute atomic E-state index is 3.79. The third-order valence-corrected chi connectivity index (χ3v) is 7.48. The summed E-state index contributed by atoms with van der Waals surface area (Å²) in [4.78, 5) is 1.49. The molecule has 1 unspecified atom stereocenters. The van der Waals surface area contributed by atoms with E-state index in [2.05, 4.69) is 68.9 Å². The molecule has 19 heavy (non-hydrogen) atoms. The minimum Gasteiger partial charge on any atom is -0.309 e. The number of hydrogen-bond donors (Lipinski definition) is 1. The Morgan fingerprint density at radius 1 is 1.32 bits per heavy atom. The first-order valence-electron chi connectivity index (χ1n) is 7.22. The molecule has 1 heterocycles. The molecule has 1 aromatic heterocycles. The average Bonchev–Trinajstić information content (AvgIpc) is 2.57.